The number of aliphatic carboxylic acids is 2. The van der Waals surface area contributed by atoms with Crippen LogP contribution in [0.3, 0.4) is 0 Å². The second-order valence-corrected chi connectivity index (χ2v) is 6.22. The smallest absolute Gasteiger partial charge is 0.414 e. The summed E-state index contributed by atoms with van der Waals surface area (Å²) < 4.78 is 5.38. The van der Waals surface area contributed by atoms with Gasteiger partial charge in [-0.25, -0.2) is 9.59 Å². The fourth-order valence-electron chi connectivity index (χ4n) is 2.74. The zero-order chi connectivity index (χ0) is 19.0. The molecule has 1 aliphatic heterocycles. The van der Waals surface area contributed by atoms with Crippen LogP contribution < -0.4 is 4.74 Å². The third-order valence-electron chi connectivity index (χ3n) is 4.46. The molecule has 7 heteroatoms. The van der Waals surface area contributed by atoms with Crippen LogP contribution in [0.15, 0.2) is 12.1 Å². The number of likely N-dealkylation sites (N-methyl/N-ethyl adjacent to an activating group) is 1. The Hall–Kier alpha value is -2.12. The number of nitrogens with zero attached hydrogens (tertiary/aromatic N) is 2. The third kappa shape index (κ3) is 6.72. The van der Waals surface area contributed by atoms with E-state index in [2.05, 4.69) is 42.8 Å². The van der Waals surface area contributed by atoms with Crippen molar-refractivity contribution >= 4 is 11.9 Å². The monoisotopic (exact) mass is 352 g/mol. The molecule has 0 atom stereocenters. The fraction of sp³-hybridized carbons (Fsp3) is 0.556. The van der Waals surface area contributed by atoms with Gasteiger partial charge in [-0.3, -0.25) is 4.90 Å². The Balaban J connectivity index is 0.000000450. The van der Waals surface area contributed by atoms with Gasteiger partial charge in [-0.1, -0.05) is 6.07 Å². The maximum Gasteiger partial charge on any atom is 0.414 e. The number of carbonyl (C=O) groups is 2. The lowest BCUT2D eigenvalue weighted by molar-refractivity contribution is -0.159. The van der Waals surface area contributed by atoms with Crippen molar-refractivity contribution in [3.8, 4) is 5.75 Å². The first-order valence-electron chi connectivity index (χ1n) is 8.26. The average molecular weight is 352 g/mol. The standard InChI is InChI=1S/C16H26N2O.C2H2O4/c1-13-14(2)16(19-4)7-6-15(13)12-18-9-5-8-17(3)10-11-18;3-1(4)2(5)6/h6-7H,5,8-12H2,1-4H3;(H,3,4)(H,5,6). The highest BCUT2D eigenvalue weighted by molar-refractivity contribution is 6.27. The zero-order valence-corrected chi connectivity index (χ0v) is 15.4. The number of hydrogen-bond acceptors (Lipinski definition) is 5. The summed E-state index contributed by atoms with van der Waals surface area (Å²) in [5.74, 6) is -2.65. The van der Waals surface area contributed by atoms with Crippen LogP contribution in [-0.4, -0.2) is 72.3 Å². The van der Waals surface area contributed by atoms with E-state index in [1.165, 1.54) is 49.3 Å². The van der Waals surface area contributed by atoms with Crippen molar-refractivity contribution in [2.45, 2.75) is 26.8 Å². The first kappa shape index (κ1) is 20.9. The van der Waals surface area contributed by atoms with Crippen molar-refractivity contribution in [1.29, 1.82) is 0 Å². The van der Waals surface area contributed by atoms with Crippen LogP contribution in [-0.2, 0) is 16.1 Å². The van der Waals surface area contributed by atoms with Gasteiger partial charge in [0.05, 0.1) is 7.11 Å². The van der Waals surface area contributed by atoms with Gasteiger partial charge in [-0.05, 0) is 63.2 Å². The van der Waals surface area contributed by atoms with Crippen LogP contribution >= 0.6 is 0 Å². The Morgan fingerprint density at radius 2 is 1.68 bits per heavy atom. The molecule has 2 N–H and O–H groups in total. The maximum atomic E-state index is 9.10. The Bertz CT molecular complexity index is 591. The van der Waals surface area contributed by atoms with Gasteiger partial charge in [0.25, 0.3) is 0 Å². The molecule has 1 aliphatic rings. The lowest BCUT2D eigenvalue weighted by Gasteiger charge is -2.22. The van der Waals surface area contributed by atoms with E-state index in [4.69, 9.17) is 24.5 Å². The van der Waals surface area contributed by atoms with E-state index in [0.717, 1.165) is 12.3 Å². The average Bonchev–Trinajstić information content (AvgIpc) is 2.77. The van der Waals surface area contributed by atoms with E-state index in [1.807, 2.05) is 0 Å². The molecule has 0 unspecified atom stereocenters. The Kier molecular flexibility index (Phi) is 8.37. The predicted octanol–water partition coefficient (Wildman–Crippen LogP) is 1.61. The van der Waals surface area contributed by atoms with Gasteiger partial charge in [0.2, 0.25) is 0 Å². The molecule has 0 amide bonds. The summed E-state index contributed by atoms with van der Waals surface area (Å²) in [5.41, 5.74) is 4.08. The predicted molar refractivity (Wildman–Crippen MR) is 95.1 cm³/mol. The van der Waals surface area contributed by atoms with E-state index in [9.17, 15) is 0 Å². The summed E-state index contributed by atoms with van der Waals surface area (Å²) in [4.78, 5) is 23.2. The molecule has 2 rings (SSSR count). The van der Waals surface area contributed by atoms with Crippen molar-refractivity contribution in [1.82, 2.24) is 9.80 Å². The number of hydrogen-bond donors (Lipinski definition) is 2. The molecule has 0 aliphatic carbocycles. The molecular formula is C18H28N2O5. The number of carboxylic acid groups (broad SMARTS) is 2. The molecule has 1 saturated heterocycles. The third-order valence-corrected chi connectivity index (χ3v) is 4.46. The van der Waals surface area contributed by atoms with Gasteiger partial charge >= 0.3 is 11.9 Å². The van der Waals surface area contributed by atoms with Crippen molar-refractivity contribution in [2.24, 2.45) is 0 Å². The van der Waals surface area contributed by atoms with Crippen LogP contribution in [0.4, 0.5) is 0 Å². The van der Waals surface area contributed by atoms with Gasteiger partial charge in [0, 0.05) is 19.6 Å². The largest absolute Gasteiger partial charge is 0.496 e. The fourth-order valence-corrected chi connectivity index (χ4v) is 2.74. The second-order valence-electron chi connectivity index (χ2n) is 6.22. The first-order chi connectivity index (χ1) is 11.8. The van der Waals surface area contributed by atoms with Crippen LogP contribution in [0.5, 0.6) is 5.75 Å². The Labute approximate surface area is 148 Å². The van der Waals surface area contributed by atoms with Gasteiger partial charge < -0.3 is 19.8 Å². The molecular weight excluding hydrogens is 324 g/mol. The van der Waals surface area contributed by atoms with Crippen LogP contribution in [0.25, 0.3) is 0 Å². The second kappa shape index (κ2) is 10.0. The molecule has 1 aromatic carbocycles. The highest BCUT2D eigenvalue weighted by Crippen LogP contribution is 2.25. The van der Waals surface area contributed by atoms with Gasteiger partial charge in [-0.2, -0.15) is 0 Å². The molecule has 0 saturated carbocycles. The van der Waals surface area contributed by atoms with E-state index >= 15 is 0 Å². The number of benzene rings is 1. The Morgan fingerprint density at radius 1 is 1.04 bits per heavy atom. The van der Waals surface area contributed by atoms with Gasteiger partial charge in [-0.15, -0.1) is 0 Å². The normalized spacial score (nSPS) is 15.7. The minimum absolute atomic E-state index is 0.997. The summed E-state index contributed by atoms with van der Waals surface area (Å²) in [6.07, 6.45) is 1.27. The van der Waals surface area contributed by atoms with Crippen LogP contribution in [0.1, 0.15) is 23.1 Å². The van der Waals surface area contributed by atoms with E-state index in [0.29, 0.717) is 0 Å². The zero-order valence-electron chi connectivity index (χ0n) is 15.4. The summed E-state index contributed by atoms with van der Waals surface area (Å²) in [6.45, 7) is 10.2. The first-order valence-corrected chi connectivity index (χ1v) is 8.26. The minimum atomic E-state index is -1.82. The van der Waals surface area contributed by atoms with Gasteiger partial charge in [0.15, 0.2) is 0 Å². The van der Waals surface area contributed by atoms with E-state index in [-0.39, 0.29) is 0 Å². The topological polar surface area (TPSA) is 90.3 Å². The highest BCUT2D eigenvalue weighted by atomic mass is 16.5. The lowest BCUT2D eigenvalue weighted by atomic mass is 10.0. The summed E-state index contributed by atoms with van der Waals surface area (Å²) in [6, 6.07) is 4.32. The number of ether oxygens (including phenoxy) is 1. The molecule has 0 aromatic heterocycles. The minimum Gasteiger partial charge on any atom is -0.496 e. The molecule has 1 heterocycles. The highest BCUT2D eigenvalue weighted by Gasteiger charge is 2.14. The lowest BCUT2D eigenvalue weighted by Crippen LogP contribution is -2.28. The van der Waals surface area contributed by atoms with Crippen molar-refractivity contribution in [3.63, 3.8) is 0 Å². The molecule has 25 heavy (non-hydrogen) atoms. The number of methoxy groups -OCH3 is 1. The molecule has 0 bridgehead atoms. The SMILES string of the molecule is COc1ccc(CN2CCCN(C)CC2)c(C)c1C.O=C(O)C(=O)O. The molecule has 140 valence electrons. The number of carboxylic acids is 2. The quantitative estimate of drug-likeness (QED) is 0.799. The van der Waals surface area contributed by atoms with E-state index < -0.39 is 11.9 Å². The van der Waals surface area contributed by atoms with Gasteiger partial charge in [0.1, 0.15) is 5.75 Å². The van der Waals surface area contributed by atoms with Crippen molar-refractivity contribution < 1.29 is 24.5 Å². The molecule has 1 fully saturated rings. The number of rotatable bonds is 3. The van der Waals surface area contributed by atoms with Crippen molar-refractivity contribution in [2.75, 3.05) is 40.3 Å². The molecule has 1 aromatic rings. The molecule has 0 radical (unpaired) electrons. The molecule has 0 spiro atoms. The summed E-state index contributed by atoms with van der Waals surface area (Å²) in [5, 5.41) is 14.8. The summed E-state index contributed by atoms with van der Waals surface area (Å²) >= 11 is 0. The van der Waals surface area contributed by atoms with E-state index in [1.54, 1.807) is 7.11 Å². The molecule has 7 nitrogen and oxygen atoms in total. The van der Waals surface area contributed by atoms with Crippen LogP contribution in [0.2, 0.25) is 0 Å². The summed E-state index contributed by atoms with van der Waals surface area (Å²) in [7, 11) is 3.96. The maximum absolute atomic E-state index is 9.10. The van der Waals surface area contributed by atoms with Crippen molar-refractivity contribution in [3.05, 3.63) is 28.8 Å². The Morgan fingerprint density at radius 3 is 2.24 bits per heavy atom. The van der Waals surface area contributed by atoms with Crippen LogP contribution in [0, 0.1) is 13.8 Å².